The molecule has 0 saturated carbocycles. The fourth-order valence-electron chi connectivity index (χ4n) is 1.63. The highest BCUT2D eigenvalue weighted by atomic mass is 16.7. The Bertz CT molecular complexity index is 537. The van der Waals surface area contributed by atoms with Crippen LogP contribution >= 0.6 is 0 Å². The first kappa shape index (κ1) is 16.7. The number of hydrogen-bond acceptors (Lipinski definition) is 4. The smallest absolute Gasteiger partial charge is 0.305 e. The van der Waals surface area contributed by atoms with Crippen LogP contribution in [0.2, 0.25) is 0 Å². The number of rotatable bonds is 5. The van der Waals surface area contributed by atoms with Gasteiger partial charge in [-0.1, -0.05) is 47.6 Å². The van der Waals surface area contributed by atoms with Crippen LogP contribution in [0.25, 0.3) is 6.08 Å². The van der Waals surface area contributed by atoms with Gasteiger partial charge in [0.2, 0.25) is 0 Å². The maximum atomic E-state index is 10.9. The van der Waals surface area contributed by atoms with Crippen molar-refractivity contribution in [1.82, 2.24) is 0 Å². The van der Waals surface area contributed by atoms with Gasteiger partial charge in [-0.05, 0) is 25.5 Å². The predicted molar refractivity (Wildman–Crippen MR) is 81.3 cm³/mol. The molecule has 0 aliphatic carbocycles. The number of carbonyl (C=O) groups is 2. The molecule has 0 atom stereocenters. The van der Waals surface area contributed by atoms with E-state index in [0.717, 1.165) is 11.1 Å². The molecule has 0 radical (unpaired) electrons. The summed E-state index contributed by atoms with van der Waals surface area (Å²) < 4.78 is 9.76. The largest absolute Gasteiger partial charge is 0.421 e. The molecule has 0 aromatic heterocycles. The van der Waals surface area contributed by atoms with Crippen LogP contribution in [0, 0.1) is 6.92 Å². The van der Waals surface area contributed by atoms with Crippen molar-refractivity contribution in [3.8, 4) is 0 Å². The summed E-state index contributed by atoms with van der Waals surface area (Å²) in [7, 11) is 0. The second-order valence-electron chi connectivity index (χ2n) is 4.75. The molecule has 0 amide bonds. The second kappa shape index (κ2) is 8.04. The van der Waals surface area contributed by atoms with Crippen molar-refractivity contribution in [2.45, 2.75) is 34.0 Å². The van der Waals surface area contributed by atoms with Crippen molar-refractivity contribution in [3.05, 3.63) is 53.1 Å². The zero-order valence-electron chi connectivity index (χ0n) is 12.8. The van der Waals surface area contributed by atoms with Crippen molar-refractivity contribution in [3.63, 3.8) is 0 Å². The monoisotopic (exact) mass is 288 g/mol. The average Bonchev–Trinajstić information content (AvgIpc) is 2.37. The van der Waals surface area contributed by atoms with Gasteiger partial charge in [-0.3, -0.25) is 9.59 Å². The van der Waals surface area contributed by atoms with Gasteiger partial charge in [0.15, 0.2) is 0 Å². The molecule has 0 aliphatic rings. The third-order valence-electron chi connectivity index (χ3n) is 2.55. The molecule has 0 N–H and O–H groups in total. The molecule has 4 heteroatoms. The van der Waals surface area contributed by atoms with Crippen LogP contribution in [0.3, 0.4) is 0 Å². The van der Waals surface area contributed by atoms with E-state index < -0.39 is 18.2 Å². The highest BCUT2D eigenvalue weighted by Gasteiger charge is 2.10. The molecular formula is C17H20O4. The van der Waals surface area contributed by atoms with Crippen molar-refractivity contribution < 1.29 is 19.1 Å². The van der Waals surface area contributed by atoms with E-state index in [-0.39, 0.29) is 0 Å². The van der Waals surface area contributed by atoms with Crippen molar-refractivity contribution >= 4 is 18.0 Å². The Hall–Kier alpha value is -2.36. The van der Waals surface area contributed by atoms with Gasteiger partial charge < -0.3 is 9.47 Å². The van der Waals surface area contributed by atoms with Gasteiger partial charge in [0, 0.05) is 13.8 Å². The lowest BCUT2D eigenvalue weighted by Gasteiger charge is -2.12. The average molecular weight is 288 g/mol. The van der Waals surface area contributed by atoms with Gasteiger partial charge >= 0.3 is 11.9 Å². The molecule has 0 spiro atoms. The topological polar surface area (TPSA) is 52.6 Å². The van der Waals surface area contributed by atoms with Crippen LogP contribution in [0.15, 0.2) is 42.0 Å². The second-order valence-corrected chi connectivity index (χ2v) is 4.75. The summed E-state index contributed by atoms with van der Waals surface area (Å²) in [6, 6.07) is 8.09. The fourth-order valence-corrected chi connectivity index (χ4v) is 1.63. The Morgan fingerprint density at radius 2 is 1.52 bits per heavy atom. The van der Waals surface area contributed by atoms with Crippen molar-refractivity contribution in [2.24, 2.45) is 0 Å². The van der Waals surface area contributed by atoms with E-state index in [2.05, 4.69) is 0 Å². The van der Waals surface area contributed by atoms with Crippen LogP contribution in [0.1, 0.15) is 31.9 Å². The molecule has 1 aromatic carbocycles. The van der Waals surface area contributed by atoms with Crippen molar-refractivity contribution in [2.75, 3.05) is 0 Å². The third kappa shape index (κ3) is 7.11. The number of aryl methyl sites for hydroxylation is 1. The zero-order valence-corrected chi connectivity index (χ0v) is 12.8. The highest BCUT2D eigenvalue weighted by Crippen LogP contribution is 2.10. The predicted octanol–water partition coefficient (Wildman–Crippen LogP) is 3.41. The van der Waals surface area contributed by atoms with E-state index in [1.807, 2.05) is 44.2 Å². The number of benzene rings is 1. The van der Waals surface area contributed by atoms with E-state index >= 15 is 0 Å². The normalized spacial score (nSPS) is 11.8. The molecule has 0 saturated heterocycles. The minimum absolute atomic E-state index is 0.508. The summed E-state index contributed by atoms with van der Waals surface area (Å²) in [6.07, 6.45) is 4.26. The lowest BCUT2D eigenvalue weighted by molar-refractivity contribution is -0.176. The molecule has 0 bridgehead atoms. The first-order valence-electron chi connectivity index (χ1n) is 6.64. The zero-order chi connectivity index (χ0) is 15.8. The van der Waals surface area contributed by atoms with Crippen molar-refractivity contribution in [1.29, 1.82) is 0 Å². The lowest BCUT2D eigenvalue weighted by Crippen LogP contribution is -2.20. The van der Waals surface area contributed by atoms with Gasteiger partial charge in [-0.2, -0.15) is 0 Å². The van der Waals surface area contributed by atoms with Gasteiger partial charge in [-0.15, -0.1) is 0 Å². The van der Waals surface area contributed by atoms with Gasteiger partial charge in [0.25, 0.3) is 6.29 Å². The van der Waals surface area contributed by atoms with Gasteiger partial charge in [0.1, 0.15) is 0 Å². The molecule has 0 unspecified atom stereocenters. The molecule has 1 rings (SSSR count). The minimum atomic E-state index is -0.999. The van der Waals surface area contributed by atoms with E-state index in [4.69, 9.17) is 9.47 Å². The molecule has 4 nitrogen and oxygen atoms in total. The Morgan fingerprint density at radius 3 is 2.00 bits per heavy atom. The molecule has 112 valence electrons. The first-order valence-corrected chi connectivity index (χ1v) is 6.64. The van der Waals surface area contributed by atoms with E-state index in [0.29, 0.717) is 0 Å². The summed E-state index contributed by atoms with van der Waals surface area (Å²) >= 11 is 0. The van der Waals surface area contributed by atoms with Crippen LogP contribution in [0.5, 0.6) is 0 Å². The highest BCUT2D eigenvalue weighted by molar-refractivity contribution is 5.68. The fraction of sp³-hybridized carbons (Fsp3) is 0.294. The van der Waals surface area contributed by atoms with Crippen LogP contribution in [-0.4, -0.2) is 18.2 Å². The van der Waals surface area contributed by atoms with Crippen LogP contribution in [0.4, 0.5) is 0 Å². The van der Waals surface area contributed by atoms with E-state index in [1.54, 1.807) is 6.08 Å². The Labute approximate surface area is 125 Å². The number of hydrogen-bond donors (Lipinski definition) is 0. The molecule has 21 heavy (non-hydrogen) atoms. The number of allylic oxidation sites excluding steroid dienone is 2. The first-order chi connectivity index (χ1) is 9.86. The van der Waals surface area contributed by atoms with Gasteiger partial charge in [-0.25, -0.2) is 0 Å². The number of carbonyl (C=O) groups excluding carboxylic acids is 2. The van der Waals surface area contributed by atoms with Crippen LogP contribution in [-0.2, 0) is 19.1 Å². The molecule has 0 aliphatic heterocycles. The summed E-state index contributed by atoms with van der Waals surface area (Å²) in [5, 5.41) is 0. The Kier molecular flexibility index (Phi) is 6.40. The summed E-state index contributed by atoms with van der Waals surface area (Å²) in [4.78, 5) is 21.9. The third-order valence-corrected chi connectivity index (χ3v) is 2.55. The summed E-state index contributed by atoms with van der Waals surface area (Å²) in [5.41, 5.74) is 3.22. The lowest BCUT2D eigenvalue weighted by atomic mass is 10.1. The summed E-state index contributed by atoms with van der Waals surface area (Å²) in [5.74, 6) is -1.02. The van der Waals surface area contributed by atoms with E-state index in [1.165, 1.54) is 25.5 Å². The van der Waals surface area contributed by atoms with E-state index in [9.17, 15) is 9.59 Å². The maximum absolute atomic E-state index is 10.9. The Balaban J connectivity index is 2.76. The Morgan fingerprint density at radius 1 is 1.00 bits per heavy atom. The maximum Gasteiger partial charge on any atom is 0.305 e. The van der Waals surface area contributed by atoms with Gasteiger partial charge in [0.05, 0.1) is 0 Å². The molecule has 1 aromatic rings. The SMILES string of the molecule is CC(=O)OC(/C=C/C(C)=C/c1ccc(C)cc1)OC(C)=O. The quantitative estimate of drug-likeness (QED) is 0.473. The number of ether oxygens (including phenoxy) is 2. The standard InChI is InChI=1S/C17H20O4/c1-12-5-8-16(9-6-12)11-13(2)7-10-17(20-14(3)18)21-15(4)19/h5-11,17H,1-4H3/b10-7+,13-11+. The van der Waals surface area contributed by atoms with Crippen LogP contribution < -0.4 is 0 Å². The number of esters is 2. The summed E-state index contributed by atoms with van der Waals surface area (Å²) in [6.45, 7) is 6.47. The minimum Gasteiger partial charge on any atom is -0.421 e. The molecule has 0 fully saturated rings. The molecular weight excluding hydrogens is 268 g/mol. The molecule has 0 heterocycles.